The number of halogens is 1. The fourth-order valence-electron chi connectivity index (χ4n) is 3.82. The number of anilines is 1. The van der Waals surface area contributed by atoms with Crippen molar-refractivity contribution in [2.24, 2.45) is 0 Å². The molecule has 1 aliphatic rings. The molecule has 4 rings (SSSR count). The minimum atomic E-state index is -3.77. The highest BCUT2D eigenvalue weighted by atomic mass is 35.5. The Morgan fingerprint density at radius 1 is 0.909 bits per heavy atom. The van der Waals surface area contributed by atoms with Gasteiger partial charge in [0.2, 0.25) is 0 Å². The predicted octanol–water partition coefficient (Wildman–Crippen LogP) is 4.67. The molecule has 1 fully saturated rings. The topological polar surface area (TPSA) is 78.5 Å². The Balaban J connectivity index is 1.39. The van der Waals surface area contributed by atoms with E-state index >= 15 is 0 Å². The van der Waals surface area contributed by atoms with E-state index in [0.29, 0.717) is 6.54 Å². The zero-order chi connectivity index (χ0) is 23.3. The SMILES string of the molecule is O=C(NCc1ccc(CN2CCCC2)cc1)c1cc(NS(=O)(=O)c2ccccc2)ccc1Cl. The molecule has 33 heavy (non-hydrogen) atoms. The van der Waals surface area contributed by atoms with Crippen LogP contribution in [0.5, 0.6) is 0 Å². The second kappa shape index (κ2) is 10.4. The normalized spacial score (nSPS) is 14.2. The molecule has 172 valence electrons. The van der Waals surface area contributed by atoms with Gasteiger partial charge in [0.25, 0.3) is 15.9 Å². The molecule has 1 heterocycles. The first-order valence-corrected chi connectivity index (χ1v) is 12.7. The summed E-state index contributed by atoms with van der Waals surface area (Å²) in [7, 11) is -3.77. The molecule has 0 bridgehead atoms. The predicted molar refractivity (Wildman–Crippen MR) is 131 cm³/mol. The Bertz CT molecular complexity index is 1210. The highest BCUT2D eigenvalue weighted by molar-refractivity contribution is 7.92. The molecule has 0 radical (unpaired) electrons. The van der Waals surface area contributed by atoms with Gasteiger partial charge in [0.15, 0.2) is 0 Å². The van der Waals surface area contributed by atoms with Crippen molar-refractivity contribution in [3.63, 3.8) is 0 Å². The molecule has 3 aromatic rings. The van der Waals surface area contributed by atoms with Crippen molar-refractivity contribution < 1.29 is 13.2 Å². The number of amides is 1. The maximum atomic E-state index is 12.7. The van der Waals surface area contributed by atoms with Crippen molar-refractivity contribution >= 4 is 33.2 Å². The number of carbonyl (C=O) groups excluding carboxylic acids is 1. The van der Waals surface area contributed by atoms with E-state index in [-0.39, 0.29) is 27.1 Å². The molecular formula is C25H26ClN3O3S. The molecule has 0 aliphatic carbocycles. The van der Waals surface area contributed by atoms with Gasteiger partial charge in [-0.05, 0) is 67.4 Å². The quantitative estimate of drug-likeness (QED) is 0.488. The first kappa shape index (κ1) is 23.3. The molecule has 2 N–H and O–H groups in total. The number of carbonyl (C=O) groups is 1. The monoisotopic (exact) mass is 483 g/mol. The third kappa shape index (κ3) is 6.13. The van der Waals surface area contributed by atoms with Crippen molar-refractivity contribution in [1.29, 1.82) is 0 Å². The zero-order valence-corrected chi connectivity index (χ0v) is 19.7. The van der Waals surface area contributed by atoms with Crippen LogP contribution in [0.4, 0.5) is 5.69 Å². The van der Waals surface area contributed by atoms with Gasteiger partial charge in [-0.15, -0.1) is 0 Å². The van der Waals surface area contributed by atoms with Crippen LogP contribution < -0.4 is 10.0 Å². The number of nitrogens with zero attached hydrogens (tertiary/aromatic N) is 1. The van der Waals surface area contributed by atoms with Gasteiger partial charge in [-0.25, -0.2) is 8.42 Å². The summed E-state index contributed by atoms with van der Waals surface area (Å²) in [5, 5.41) is 3.11. The molecule has 0 saturated carbocycles. The van der Waals surface area contributed by atoms with Crippen LogP contribution in [0.2, 0.25) is 5.02 Å². The van der Waals surface area contributed by atoms with Crippen molar-refractivity contribution in [3.05, 3.63) is 94.5 Å². The molecule has 6 nitrogen and oxygen atoms in total. The Kier molecular flexibility index (Phi) is 7.33. The first-order valence-electron chi connectivity index (χ1n) is 10.9. The molecule has 0 unspecified atom stereocenters. The van der Waals surface area contributed by atoms with Gasteiger partial charge in [-0.2, -0.15) is 0 Å². The maximum Gasteiger partial charge on any atom is 0.261 e. The summed E-state index contributed by atoms with van der Waals surface area (Å²) < 4.78 is 27.6. The second-order valence-electron chi connectivity index (χ2n) is 8.10. The minimum absolute atomic E-state index is 0.138. The lowest BCUT2D eigenvalue weighted by Crippen LogP contribution is -2.23. The number of nitrogens with one attached hydrogen (secondary N) is 2. The van der Waals surface area contributed by atoms with Crippen molar-refractivity contribution in [3.8, 4) is 0 Å². The van der Waals surface area contributed by atoms with Gasteiger partial charge in [0.05, 0.1) is 15.5 Å². The lowest BCUT2D eigenvalue weighted by atomic mass is 10.1. The molecule has 1 saturated heterocycles. The Labute approximate surface area is 199 Å². The van der Waals surface area contributed by atoms with Crippen LogP contribution in [0.25, 0.3) is 0 Å². The van der Waals surface area contributed by atoms with Crippen LogP contribution in [0.15, 0.2) is 77.7 Å². The van der Waals surface area contributed by atoms with Gasteiger partial charge in [0.1, 0.15) is 0 Å². The van der Waals surface area contributed by atoms with E-state index in [0.717, 1.165) is 25.2 Å². The van der Waals surface area contributed by atoms with Crippen LogP contribution in [-0.2, 0) is 23.1 Å². The summed E-state index contributed by atoms with van der Waals surface area (Å²) in [5.41, 5.74) is 2.70. The first-order chi connectivity index (χ1) is 15.9. The van der Waals surface area contributed by atoms with Crippen LogP contribution >= 0.6 is 11.6 Å². The zero-order valence-electron chi connectivity index (χ0n) is 18.1. The molecule has 0 atom stereocenters. The molecule has 3 aromatic carbocycles. The summed E-state index contributed by atoms with van der Waals surface area (Å²) in [6.45, 7) is 3.60. The summed E-state index contributed by atoms with van der Waals surface area (Å²) in [6, 6.07) is 20.7. The second-order valence-corrected chi connectivity index (χ2v) is 10.2. The van der Waals surface area contributed by atoms with Gasteiger partial charge < -0.3 is 5.32 Å². The number of benzene rings is 3. The van der Waals surface area contributed by atoms with Gasteiger partial charge in [0, 0.05) is 18.8 Å². The molecule has 8 heteroatoms. The fraction of sp³-hybridized carbons (Fsp3) is 0.240. The average molecular weight is 484 g/mol. The largest absolute Gasteiger partial charge is 0.348 e. The standard InChI is InChI=1S/C25H26ClN3O3S/c26-24-13-12-21(28-33(31,32)22-6-2-1-3-7-22)16-23(24)25(30)27-17-19-8-10-20(11-9-19)18-29-14-4-5-15-29/h1-3,6-13,16,28H,4-5,14-15,17-18H2,(H,27,30). The maximum absolute atomic E-state index is 12.7. The summed E-state index contributed by atoms with van der Waals surface area (Å²) in [6.07, 6.45) is 2.53. The van der Waals surface area contributed by atoms with Gasteiger partial charge in [-0.3, -0.25) is 14.4 Å². The minimum Gasteiger partial charge on any atom is -0.348 e. The number of hydrogen-bond acceptors (Lipinski definition) is 4. The Hall–Kier alpha value is -2.87. The highest BCUT2D eigenvalue weighted by Gasteiger charge is 2.17. The van der Waals surface area contributed by atoms with Crippen LogP contribution in [-0.4, -0.2) is 32.3 Å². The van der Waals surface area contributed by atoms with Crippen molar-refractivity contribution in [1.82, 2.24) is 10.2 Å². The molecule has 0 aromatic heterocycles. The van der Waals surface area contributed by atoms with E-state index in [1.54, 1.807) is 18.2 Å². The highest BCUT2D eigenvalue weighted by Crippen LogP contribution is 2.23. The number of sulfonamides is 1. The third-order valence-electron chi connectivity index (χ3n) is 5.60. The Morgan fingerprint density at radius 3 is 2.27 bits per heavy atom. The van der Waals surface area contributed by atoms with Crippen molar-refractivity contribution in [2.75, 3.05) is 17.8 Å². The smallest absolute Gasteiger partial charge is 0.261 e. The van der Waals surface area contributed by atoms with E-state index in [2.05, 4.69) is 27.1 Å². The fourth-order valence-corrected chi connectivity index (χ4v) is 5.09. The molecule has 0 spiro atoms. The van der Waals surface area contributed by atoms with Crippen LogP contribution in [0, 0.1) is 0 Å². The number of likely N-dealkylation sites (tertiary alicyclic amines) is 1. The van der Waals surface area contributed by atoms with Crippen LogP contribution in [0.3, 0.4) is 0 Å². The van der Waals surface area contributed by atoms with E-state index in [1.807, 2.05) is 12.1 Å². The average Bonchev–Trinajstić information content (AvgIpc) is 3.33. The summed E-state index contributed by atoms with van der Waals surface area (Å²) >= 11 is 6.22. The summed E-state index contributed by atoms with van der Waals surface area (Å²) in [5.74, 6) is -0.373. The van der Waals surface area contributed by atoms with Gasteiger partial charge in [-0.1, -0.05) is 54.1 Å². The number of rotatable bonds is 8. The van der Waals surface area contributed by atoms with Gasteiger partial charge >= 0.3 is 0 Å². The van der Waals surface area contributed by atoms with Crippen molar-refractivity contribution in [2.45, 2.75) is 30.8 Å². The molecule has 1 aliphatic heterocycles. The van der Waals surface area contributed by atoms with E-state index in [4.69, 9.17) is 11.6 Å². The lowest BCUT2D eigenvalue weighted by Gasteiger charge is -2.15. The summed E-state index contributed by atoms with van der Waals surface area (Å²) in [4.78, 5) is 15.3. The lowest BCUT2D eigenvalue weighted by molar-refractivity contribution is 0.0951. The van der Waals surface area contributed by atoms with Crippen LogP contribution in [0.1, 0.15) is 34.3 Å². The van der Waals surface area contributed by atoms with E-state index in [1.165, 1.54) is 48.7 Å². The third-order valence-corrected chi connectivity index (χ3v) is 7.32. The van der Waals surface area contributed by atoms with E-state index in [9.17, 15) is 13.2 Å². The molecular weight excluding hydrogens is 458 g/mol. The van der Waals surface area contributed by atoms with E-state index < -0.39 is 10.0 Å². The molecule has 1 amide bonds. The Morgan fingerprint density at radius 2 is 1.58 bits per heavy atom. The number of hydrogen-bond donors (Lipinski definition) is 2.